The normalized spacial score (nSPS) is 12.7. The maximum Gasteiger partial charge on any atom is 0.417 e. The summed E-state index contributed by atoms with van der Waals surface area (Å²) in [4.78, 5) is 4.26. The van der Waals surface area contributed by atoms with Gasteiger partial charge in [0.25, 0.3) is 0 Å². The molecule has 6 heteroatoms. The fourth-order valence-corrected chi connectivity index (χ4v) is 2.53. The monoisotopic (exact) mass is 297 g/mol. The highest BCUT2D eigenvalue weighted by molar-refractivity contribution is 5.74. The van der Waals surface area contributed by atoms with Crippen molar-refractivity contribution in [2.75, 3.05) is 5.73 Å². The van der Waals surface area contributed by atoms with E-state index in [0.717, 1.165) is 6.07 Å². The van der Waals surface area contributed by atoms with Crippen LogP contribution in [-0.4, -0.2) is 9.55 Å². The summed E-state index contributed by atoms with van der Waals surface area (Å²) in [5.74, 6) is 0.837. The van der Waals surface area contributed by atoms with Gasteiger partial charge in [-0.15, -0.1) is 0 Å². The highest BCUT2D eigenvalue weighted by Gasteiger charge is 2.35. The standard InChI is InChI=1S/C15H18F3N3/c1-9-20-12(13(19)21(9)14(2,3)4)10-7-5-6-8-11(10)15(16,17)18/h5-8H,19H2,1-4H3. The van der Waals surface area contributed by atoms with Gasteiger partial charge in [0, 0.05) is 11.1 Å². The van der Waals surface area contributed by atoms with E-state index in [1.165, 1.54) is 12.1 Å². The van der Waals surface area contributed by atoms with E-state index in [1.54, 1.807) is 17.6 Å². The number of alkyl halides is 3. The van der Waals surface area contributed by atoms with Gasteiger partial charge in [-0.1, -0.05) is 18.2 Å². The van der Waals surface area contributed by atoms with Gasteiger partial charge in [-0.05, 0) is 33.8 Å². The lowest BCUT2D eigenvalue weighted by Crippen LogP contribution is -2.24. The molecule has 2 N–H and O–H groups in total. The van der Waals surface area contributed by atoms with Crippen LogP contribution >= 0.6 is 0 Å². The quantitative estimate of drug-likeness (QED) is 0.856. The molecular weight excluding hydrogens is 279 g/mol. The Morgan fingerprint density at radius 1 is 1.10 bits per heavy atom. The van der Waals surface area contributed by atoms with Gasteiger partial charge in [0.1, 0.15) is 17.3 Å². The maximum absolute atomic E-state index is 13.1. The zero-order chi connectivity index (χ0) is 16.0. The fraction of sp³-hybridized carbons (Fsp3) is 0.400. The summed E-state index contributed by atoms with van der Waals surface area (Å²) in [5.41, 5.74) is 5.17. The van der Waals surface area contributed by atoms with Crippen LogP contribution < -0.4 is 5.73 Å². The average molecular weight is 297 g/mol. The van der Waals surface area contributed by atoms with Crippen LogP contribution in [0.2, 0.25) is 0 Å². The van der Waals surface area contributed by atoms with Crippen molar-refractivity contribution in [3.05, 3.63) is 35.7 Å². The first-order chi connectivity index (χ1) is 9.53. The zero-order valence-corrected chi connectivity index (χ0v) is 12.4. The lowest BCUT2D eigenvalue weighted by molar-refractivity contribution is -0.137. The van der Waals surface area contributed by atoms with E-state index in [2.05, 4.69) is 4.98 Å². The molecule has 0 aliphatic carbocycles. The second-order valence-corrected chi connectivity index (χ2v) is 5.94. The van der Waals surface area contributed by atoms with Gasteiger partial charge in [0.05, 0.1) is 5.56 Å². The maximum atomic E-state index is 13.1. The molecular formula is C15H18F3N3. The molecule has 0 radical (unpaired) electrons. The Hall–Kier alpha value is -1.98. The van der Waals surface area contributed by atoms with E-state index in [9.17, 15) is 13.2 Å². The van der Waals surface area contributed by atoms with Crippen molar-refractivity contribution in [3.63, 3.8) is 0 Å². The number of aryl methyl sites for hydroxylation is 1. The number of benzene rings is 1. The Balaban J connectivity index is 2.71. The number of hydrogen-bond donors (Lipinski definition) is 1. The van der Waals surface area contributed by atoms with Gasteiger partial charge >= 0.3 is 6.18 Å². The minimum atomic E-state index is -4.44. The molecule has 0 aliphatic rings. The third kappa shape index (κ3) is 2.75. The molecule has 0 saturated carbocycles. The minimum Gasteiger partial charge on any atom is -0.383 e. The highest BCUT2D eigenvalue weighted by Crippen LogP contribution is 2.39. The molecule has 2 rings (SSSR count). The number of nitrogens with two attached hydrogens (primary N) is 1. The number of halogens is 3. The molecule has 0 bridgehead atoms. The zero-order valence-electron chi connectivity index (χ0n) is 12.4. The second kappa shape index (κ2) is 4.79. The first-order valence-corrected chi connectivity index (χ1v) is 6.55. The van der Waals surface area contributed by atoms with Gasteiger partial charge in [-0.3, -0.25) is 0 Å². The molecule has 114 valence electrons. The lowest BCUT2D eigenvalue weighted by Gasteiger charge is -2.24. The van der Waals surface area contributed by atoms with Crippen molar-refractivity contribution in [1.29, 1.82) is 0 Å². The number of aromatic nitrogens is 2. The van der Waals surface area contributed by atoms with Crippen LogP contribution in [0.4, 0.5) is 19.0 Å². The van der Waals surface area contributed by atoms with Crippen LogP contribution in [0.3, 0.4) is 0 Å². The van der Waals surface area contributed by atoms with Gasteiger partial charge in [0.15, 0.2) is 0 Å². The Kier molecular flexibility index (Phi) is 3.51. The van der Waals surface area contributed by atoms with E-state index in [-0.39, 0.29) is 22.6 Å². The number of nitrogens with zero attached hydrogens (tertiary/aromatic N) is 2. The summed E-state index contributed by atoms with van der Waals surface area (Å²) in [6.45, 7) is 7.52. The van der Waals surface area contributed by atoms with Crippen molar-refractivity contribution < 1.29 is 13.2 Å². The molecule has 0 spiro atoms. The summed E-state index contributed by atoms with van der Waals surface area (Å²) in [5, 5.41) is 0. The van der Waals surface area contributed by atoms with Gasteiger partial charge in [-0.2, -0.15) is 13.2 Å². The summed E-state index contributed by atoms with van der Waals surface area (Å²) in [6, 6.07) is 5.35. The summed E-state index contributed by atoms with van der Waals surface area (Å²) in [7, 11) is 0. The molecule has 1 aromatic heterocycles. The molecule has 1 aromatic carbocycles. The summed E-state index contributed by atoms with van der Waals surface area (Å²) >= 11 is 0. The van der Waals surface area contributed by atoms with Crippen molar-refractivity contribution in [2.45, 2.75) is 39.4 Å². The third-order valence-corrected chi connectivity index (χ3v) is 3.24. The van der Waals surface area contributed by atoms with E-state index < -0.39 is 11.7 Å². The molecule has 0 atom stereocenters. The minimum absolute atomic E-state index is 0.00796. The number of hydrogen-bond acceptors (Lipinski definition) is 2. The van der Waals surface area contributed by atoms with Crippen LogP contribution in [0.5, 0.6) is 0 Å². The Bertz CT molecular complexity index is 664. The molecule has 0 unspecified atom stereocenters. The smallest absolute Gasteiger partial charge is 0.383 e. The van der Waals surface area contributed by atoms with Gasteiger partial charge in [-0.25, -0.2) is 4.98 Å². The Morgan fingerprint density at radius 3 is 2.14 bits per heavy atom. The molecule has 2 aromatic rings. The SMILES string of the molecule is Cc1nc(-c2ccccc2C(F)(F)F)c(N)n1C(C)(C)C. The van der Waals surface area contributed by atoms with E-state index in [1.807, 2.05) is 20.8 Å². The van der Waals surface area contributed by atoms with E-state index in [4.69, 9.17) is 5.73 Å². The Labute approximate surface area is 121 Å². The van der Waals surface area contributed by atoms with E-state index >= 15 is 0 Å². The van der Waals surface area contributed by atoms with E-state index in [0.29, 0.717) is 5.82 Å². The molecule has 3 nitrogen and oxygen atoms in total. The predicted octanol–water partition coefficient (Wildman–Crippen LogP) is 4.21. The lowest BCUT2D eigenvalue weighted by atomic mass is 10.0. The summed E-state index contributed by atoms with van der Waals surface area (Å²) in [6.07, 6.45) is -4.44. The van der Waals surface area contributed by atoms with Gasteiger partial charge in [0.2, 0.25) is 0 Å². The van der Waals surface area contributed by atoms with Crippen LogP contribution in [0.25, 0.3) is 11.3 Å². The first-order valence-electron chi connectivity index (χ1n) is 6.55. The topological polar surface area (TPSA) is 43.8 Å². The number of rotatable bonds is 1. The third-order valence-electron chi connectivity index (χ3n) is 3.24. The Morgan fingerprint density at radius 2 is 1.67 bits per heavy atom. The number of nitrogen functional groups attached to an aromatic ring is 1. The second-order valence-electron chi connectivity index (χ2n) is 5.94. The van der Waals surface area contributed by atoms with Crippen LogP contribution in [0.1, 0.15) is 32.2 Å². The molecule has 1 heterocycles. The summed E-state index contributed by atoms with van der Waals surface area (Å²) < 4.78 is 41.1. The highest BCUT2D eigenvalue weighted by atomic mass is 19.4. The van der Waals surface area contributed by atoms with Gasteiger partial charge < -0.3 is 10.3 Å². The van der Waals surface area contributed by atoms with Crippen molar-refractivity contribution >= 4 is 5.82 Å². The largest absolute Gasteiger partial charge is 0.417 e. The van der Waals surface area contributed by atoms with Crippen LogP contribution in [0, 0.1) is 6.92 Å². The fourth-order valence-electron chi connectivity index (χ4n) is 2.53. The first kappa shape index (κ1) is 15.4. The molecule has 0 saturated heterocycles. The van der Waals surface area contributed by atoms with Crippen LogP contribution in [0.15, 0.2) is 24.3 Å². The van der Waals surface area contributed by atoms with Crippen molar-refractivity contribution in [2.24, 2.45) is 0 Å². The van der Waals surface area contributed by atoms with Crippen molar-refractivity contribution in [1.82, 2.24) is 9.55 Å². The number of anilines is 1. The molecule has 0 fully saturated rings. The molecule has 21 heavy (non-hydrogen) atoms. The molecule has 0 amide bonds. The average Bonchev–Trinajstić information content (AvgIpc) is 2.63. The number of imidazole rings is 1. The molecule has 0 aliphatic heterocycles. The van der Waals surface area contributed by atoms with Crippen molar-refractivity contribution in [3.8, 4) is 11.3 Å². The predicted molar refractivity (Wildman–Crippen MR) is 76.8 cm³/mol. The van der Waals surface area contributed by atoms with Crippen LogP contribution in [-0.2, 0) is 11.7 Å².